The topological polar surface area (TPSA) is 141 Å². The maximum atomic E-state index is 13.4. The molecule has 0 unspecified atom stereocenters. The summed E-state index contributed by atoms with van der Waals surface area (Å²) < 4.78 is 18.3. The van der Waals surface area contributed by atoms with Gasteiger partial charge in [-0.2, -0.15) is 0 Å². The minimum absolute atomic E-state index is 0.0277. The van der Waals surface area contributed by atoms with Crippen LogP contribution in [0.3, 0.4) is 0 Å². The van der Waals surface area contributed by atoms with Crippen molar-refractivity contribution < 1.29 is 13.9 Å². The van der Waals surface area contributed by atoms with Crippen LogP contribution in [0.5, 0.6) is 5.88 Å². The first kappa shape index (κ1) is 18.8. The molecule has 1 saturated carbocycles. The maximum Gasteiger partial charge on any atom is 0.411 e. The van der Waals surface area contributed by atoms with E-state index in [0.717, 1.165) is 25.7 Å². The lowest BCUT2D eigenvalue weighted by atomic mass is 9.91. The van der Waals surface area contributed by atoms with E-state index in [1.54, 1.807) is 13.0 Å². The average molecular weight is 375 g/mol. The van der Waals surface area contributed by atoms with Crippen LogP contribution in [0, 0.1) is 12.7 Å². The molecule has 0 aromatic carbocycles. The quantitative estimate of drug-likeness (QED) is 0.623. The number of hydrogen-bond donors (Lipinski definition) is 4. The van der Waals surface area contributed by atoms with Crippen molar-refractivity contribution in [3.05, 3.63) is 29.7 Å². The summed E-state index contributed by atoms with van der Waals surface area (Å²) in [5, 5.41) is 14.1. The minimum Gasteiger partial charge on any atom is -0.387 e. The number of ether oxygens (including phenoxy) is 1. The normalized spacial score (nSPS) is 19.4. The number of nitrogens with one attached hydrogen (secondary N) is 2. The molecule has 10 heteroatoms. The van der Waals surface area contributed by atoms with Gasteiger partial charge < -0.3 is 26.8 Å². The van der Waals surface area contributed by atoms with Gasteiger partial charge in [-0.1, -0.05) is 12.8 Å². The molecule has 2 atom stereocenters. The first-order valence-corrected chi connectivity index (χ1v) is 8.69. The molecule has 0 spiro atoms. The van der Waals surface area contributed by atoms with Crippen LogP contribution in [0.4, 0.5) is 26.5 Å². The number of nitrogens with two attached hydrogens (primary N) is 2. The Kier molecular flexibility index (Phi) is 5.65. The van der Waals surface area contributed by atoms with Gasteiger partial charge in [0.15, 0.2) is 5.82 Å². The van der Waals surface area contributed by atoms with Crippen molar-refractivity contribution in [1.82, 2.24) is 15.2 Å². The zero-order valence-electron chi connectivity index (χ0n) is 14.9. The number of aromatic nitrogens is 3. The van der Waals surface area contributed by atoms with E-state index in [0.29, 0.717) is 17.3 Å². The van der Waals surface area contributed by atoms with Crippen molar-refractivity contribution in [3.63, 3.8) is 0 Å². The van der Waals surface area contributed by atoms with E-state index in [1.807, 2.05) is 0 Å². The van der Waals surface area contributed by atoms with Gasteiger partial charge in [0.25, 0.3) is 5.88 Å². The second kappa shape index (κ2) is 8.12. The zero-order chi connectivity index (χ0) is 19.4. The standard InChI is InChI=1S/C17H22FN7O2/c1-9-10(18)6-7-14(21-9)23-13-8-15(24-25-16(13)27-17(20)26)22-12-5-3-2-4-11(12)19/h6-8,11-12H,2-5,19H2,1H3,(H2,20,26)(H2,21,22,23,24)/t11-,12+/m0/s1. The molecule has 2 aromatic heterocycles. The highest BCUT2D eigenvalue weighted by molar-refractivity contribution is 5.73. The Morgan fingerprint density at radius 3 is 2.74 bits per heavy atom. The first-order valence-electron chi connectivity index (χ1n) is 8.69. The second-order valence-corrected chi connectivity index (χ2v) is 6.46. The molecule has 1 amide bonds. The SMILES string of the molecule is Cc1nc(Nc2cc(N[C@@H]3CCCC[C@@H]3N)nnc2OC(N)=O)ccc1F. The molecule has 0 aliphatic heterocycles. The van der Waals surface area contributed by atoms with Gasteiger partial charge in [0, 0.05) is 18.2 Å². The summed E-state index contributed by atoms with van der Waals surface area (Å²) in [6.45, 7) is 1.55. The number of hydrogen-bond acceptors (Lipinski definition) is 8. The van der Waals surface area contributed by atoms with E-state index in [-0.39, 0.29) is 23.7 Å². The lowest BCUT2D eigenvalue weighted by molar-refractivity contribution is 0.209. The highest BCUT2D eigenvalue weighted by Gasteiger charge is 2.23. The molecule has 9 nitrogen and oxygen atoms in total. The average Bonchev–Trinajstić information content (AvgIpc) is 2.62. The molecule has 0 saturated heterocycles. The number of carbonyl (C=O) groups is 1. The molecule has 3 rings (SSSR count). The summed E-state index contributed by atoms with van der Waals surface area (Å²) in [4.78, 5) is 15.2. The Balaban J connectivity index is 1.85. The van der Waals surface area contributed by atoms with Gasteiger partial charge in [-0.15, -0.1) is 10.2 Å². The van der Waals surface area contributed by atoms with E-state index in [4.69, 9.17) is 16.2 Å². The molecule has 2 aromatic rings. The summed E-state index contributed by atoms with van der Waals surface area (Å²) >= 11 is 0. The van der Waals surface area contributed by atoms with Crippen LogP contribution in [0.2, 0.25) is 0 Å². The summed E-state index contributed by atoms with van der Waals surface area (Å²) in [5.41, 5.74) is 11.8. The predicted octanol–water partition coefficient (Wildman–Crippen LogP) is 2.20. The number of primary amides is 1. The molecule has 2 heterocycles. The van der Waals surface area contributed by atoms with Crippen LogP contribution < -0.4 is 26.8 Å². The van der Waals surface area contributed by atoms with E-state index >= 15 is 0 Å². The number of nitrogens with zero attached hydrogens (tertiary/aromatic N) is 3. The van der Waals surface area contributed by atoms with Gasteiger partial charge in [0.05, 0.1) is 5.69 Å². The van der Waals surface area contributed by atoms with Crippen LogP contribution in [0.1, 0.15) is 31.4 Å². The maximum absolute atomic E-state index is 13.4. The summed E-state index contributed by atoms with van der Waals surface area (Å²) in [5.74, 6) is 0.299. The van der Waals surface area contributed by atoms with Crippen LogP contribution in [0.15, 0.2) is 18.2 Å². The van der Waals surface area contributed by atoms with Crippen molar-refractivity contribution in [3.8, 4) is 5.88 Å². The lowest BCUT2D eigenvalue weighted by Gasteiger charge is -2.29. The molecule has 27 heavy (non-hydrogen) atoms. The lowest BCUT2D eigenvalue weighted by Crippen LogP contribution is -2.42. The molecule has 0 bridgehead atoms. The number of anilines is 3. The van der Waals surface area contributed by atoms with E-state index < -0.39 is 11.9 Å². The van der Waals surface area contributed by atoms with Gasteiger partial charge in [0.2, 0.25) is 0 Å². The highest BCUT2D eigenvalue weighted by atomic mass is 19.1. The van der Waals surface area contributed by atoms with Gasteiger partial charge in [-0.05, 0) is 31.9 Å². The number of pyridine rings is 1. The number of aryl methyl sites for hydroxylation is 1. The Morgan fingerprint density at radius 2 is 2.04 bits per heavy atom. The molecule has 144 valence electrons. The van der Waals surface area contributed by atoms with Crippen molar-refractivity contribution in [1.29, 1.82) is 0 Å². The van der Waals surface area contributed by atoms with Crippen molar-refractivity contribution in [2.75, 3.05) is 10.6 Å². The monoisotopic (exact) mass is 375 g/mol. The predicted molar refractivity (Wildman–Crippen MR) is 98.3 cm³/mol. The van der Waals surface area contributed by atoms with Crippen LogP contribution in [-0.2, 0) is 0 Å². The highest BCUT2D eigenvalue weighted by Crippen LogP contribution is 2.28. The third-order valence-electron chi connectivity index (χ3n) is 4.39. The number of halogens is 1. The Hall–Kier alpha value is -3.01. The summed E-state index contributed by atoms with van der Waals surface area (Å²) in [7, 11) is 0. The summed E-state index contributed by atoms with van der Waals surface area (Å²) in [6.07, 6.45) is 3.05. The van der Waals surface area contributed by atoms with Gasteiger partial charge in [-0.25, -0.2) is 14.2 Å². The number of rotatable bonds is 5. The Morgan fingerprint density at radius 1 is 1.26 bits per heavy atom. The second-order valence-electron chi connectivity index (χ2n) is 6.46. The van der Waals surface area contributed by atoms with Gasteiger partial charge in [-0.3, -0.25) is 0 Å². The number of carbonyl (C=O) groups excluding carboxylic acids is 1. The van der Waals surface area contributed by atoms with E-state index in [2.05, 4.69) is 25.8 Å². The van der Waals surface area contributed by atoms with Crippen molar-refractivity contribution in [2.45, 2.75) is 44.7 Å². The molecule has 1 aliphatic carbocycles. The molecular weight excluding hydrogens is 353 g/mol. The zero-order valence-corrected chi connectivity index (χ0v) is 14.9. The molecule has 6 N–H and O–H groups in total. The van der Waals surface area contributed by atoms with Crippen molar-refractivity contribution in [2.24, 2.45) is 11.5 Å². The fourth-order valence-corrected chi connectivity index (χ4v) is 2.99. The smallest absolute Gasteiger partial charge is 0.387 e. The van der Waals surface area contributed by atoms with Crippen LogP contribution in [-0.4, -0.2) is 33.4 Å². The summed E-state index contributed by atoms with van der Waals surface area (Å²) in [6, 6.07) is 4.47. The molecule has 0 radical (unpaired) electrons. The van der Waals surface area contributed by atoms with E-state index in [9.17, 15) is 9.18 Å². The van der Waals surface area contributed by atoms with Crippen LogP contribution >= 0.6 is 0 Å². The van der Waals surface area contributed by atoms with Gasteiger partial charge >= 0.3 is 6.09 Å². The minimum atomic E-state index is -1.02. The molecule has 1 fully saturated rings. The fraction of sp³-hybridized carbons (Fsp3) is 0.412. The molecular formula is C17H22FN7O2. The third kappa shape index (κ3) is 4.79. The van der Waals surface area contributed by atoms with Gasteiger partial charge in [0.1, 0.15) is 17.3 Å². The van der Waals surface area contributed by atoms with Crippen LogP contribution in [0.25, 0.3) is 0 Å². The van der Waals surface area contributed by atoms with E-state index in [1.165, 1.54) is 12.1 Å². The molecule has 1 aliphatic rings. The third-order valence-corrected chi connectivity index (χ3v) is 4.39. The van der Waals surface area contributed by atoms with Crippen molar-refractivity contribution >= 4 is 23.4 Å². The fourth-order valence-electron chi connectivity index (χ4n) is 2.99. The Labute approximate surface area is 155 Å². The number of amides is 1. The first-order chi connectivity index (χ1) is 12.9. The largest absolute Gasteiger partial charge is 0.411 e. The Bertz CT molecular complexity index is 833.